The van der Waals surface area contributed by atoms with Crippen LogP contribution in [0, 0.1) is 0 Å². The van der Waals surface area contributed by atoms with E-state index >= 15 is 0 Å². The third-order valence-electron chi connectivity index (χ3n) is 2.49. The molecule has 0 radical (unpaired) electrons. The Morgan fingerprint density at radius 1 is 1.31 bits per heavy atom. The quantitative estimate of drug-likeness (QED) is 0.574. The molecule has 16 heavy (non-hydrogen) atoms. The fourth-order valence-corrected chi connectivity index (χ4v) is 1.44. The highest BCUT2D eigenvalue weighted by Gasteiger charge is 2.23. The molecule has 0 unspecified atom stereocenters. The molecule has 0 bridgehead atoms. The SMILES string of the molecule is CC1=[15N]/C(=C/c2ccc(O)cc2)C(=O)N1C. The molecule has 2 rings (SSSR count). The number of aliphatic imine (C=N–C) groups is 1. The predicted octanol–water partition coefficient (Wildman–Crippen LogP) is 1.62. The summed E-state index contributed by atoms with van der Waals surface area (Å²) in [7, 11) is 1.69. The fraction of sp³-hybridized carbons (Fsp3) is 0.167. The minimum Gasteiger partial charge on any atom is -0.508 e. The van der Waals surface area contributed by atoms with Crippen molar-refractivity contribution in [2.45, 2.75) is 6.92 Å². The first kappa shape index (κ1) is 10.4. The van der Waals surface area contributed by atoms with E-state index in [2.05, 4.69) is 4.99 Å². The molecule has 82 valence electrons. The third kappa shape index (κ3) is 1.82. The van der Waals surface area contributed by atoms with Crippen molar-refractivity contribution in [2.24, 2.45) is 4.99 Å². The van der Waals surface area contributed by atoms with Crippen molar-refractivity contribution in [3.8, 4) is 5.75 Å². The first-order chi connectivity index (χ1) is 7.58. The smallest absolute Gasteiger partial charge is 0.277 e. The Hall–Kier alpha value is -2.10. The van der Waals surface area contributed by atoms with Crippen molar-refractivity contribution in [1.29, 1.82) is 0 Å². The molecule has 0 fully saturated rings. The molecule has 0 atom stereocenters. The normalized spacial score (nSPS) is 18.1. The van der Waals surface area contributed by atoms with Crippen LogP contribution in [0.25, 0.3) is 6.08 Å². The summed E-state index contributed by atoms with van der Waals surface area (Å²) in [5.41, 5.74) is 1.26. The van der Waals surface area contributed by atoms with E-state index in [1.807, 2.05) is 0 Å². The van der Waals surface area contributed by atoms with Gasteiger partial charge < -0.3 is 5.11 Å². The van der Waals surface area contributed by atoms with E-state index in [0.29, 0.717) is 11.5 Å². The molecule has 1 aromatic carbocycles. The van der Waals surface area contributed by atoms with Crippen LogP contribution in [0.1, 0.15) is 12.5 Å². The summed E-state index contributed by atoms with van der Waals surface area (Å²) in [5.74, 6) is 0.789. The lowest BCUT2D eigenvalue weighted by Crippen LogP contribution is -2.25. The van der Waals surface area contributed by atoms with Crippen LogP contribution in [0.15, 0.2) is 35.0 Å². The van der Waals surface area contributed by atoms with Gasteiger partial charge in [-0.2, -0.15) is 0 Å². The first-order valence-electron chi connectivity index (χ1n) is 4.92. The number of rotatable bonds is 1. The molecule has 0 saturated carbocycles. The molecule has 1 aliphatic rings. The van der Waals surface area contributed by atoms with Gasteiger partial charge in [-0.1, -0.05) is 12.1 Å². The van der Waals surface area contributed by atoms with Crippen molar-refractivity contribution in [3.05, 3.63) is 35.5 Å². The van der Waals surface area contributed by atoms with Crippen molar-refractivity contribution >= 4 is 17.8 Å². The number of nitrogens with zero attached hydrogens (tertiary/aromatic N) is 2. The molecule has 0 saturated heterocycles. The number of benzene rings is 1. The number of hydrogen-bond donors (Lipinski definition) is 1. The van der Waals surface area contributed by atoms with Gasteiger partial charge in [0.05, 0.1) is 0 Å². The average molecular weight is 217 g/mol. The number of amides is 1. The van der Waals surface area contributed by atoms with Crippen LogP contribution in [0.5, 0.6) is 5.75 Å². The van der Waals surface area contributed by atoms with Gasteiger partial charge >= 0.3 is 0 Å². The Bertz CT molecular complexity index is 486. The molecular weight excluding hydrogens is 205 g/mol. The van der Waals surface area contributed by atoms with Gasteiger partial charge in [-0.05, 0) is 30.7 Å². The van der Waals surface area contributed by atoms with Gasteiger partial charge in [0.25, 0.3) is 5.91 Å². The number of carbonyl (C=O) groups is 1. The number of likely N-dealkylation sites (N-methyl/N-ethyl adjacent to an activating group) is 1. The summed E-state index contributed by atoms with van der Waals surface area (Å²) in [6.45, 7) is 1.79. The first-order valence-corrected chi connectivity index (χ1v) is 4.92. The van der Waals surface area contributed by atoms with Crippen LogP contribution in [0.3, 0.4) is 0 Å². The maximum Gasteiger partial charge on any atom is 0.277 e. The molecule has 1 aliphatic heterocycles. The summed E-state index contributed by atoms with van der Waals surface area (Å²) < 4.78 is 0. The molecule has 0 spiro atoms. The van der Waals surface area contributed by atoms with Crippen LogP contribution >= 0.6 is 0 Å². The van der Waals surface area contributed by atoms with Gasteiger partial charge in [-0.15, -0.1) is 0 Å². The Kier molecular flexibility index (Phi) is 2.48. The standard InChI is InChI=1S/C12H12N2O2/c1-8-13-11(12(16)14(8)2)7-9-3-5-10(15)6-4-9/h3-7,15H,1-2H3/b11-7+/i13+1. The molecule has 1 N–H and O–H groups in total. The van der Waals surface area contributed by atoms with Gasteiger partial charge in [0, 0.05) is 7.05 Å². The zero-order chi connectivity index (χ0) is 11.7. The van der Waals surface area contributed by atoms with Gasteiger partial charge in [0.2, 0.25) is 0 Å². The van der Waals surface area contributed by atoms with Crippen molar-refractivity contribution < 1.29 is 9.90 Å². The van der Waals surface area contributed by atoms with Crippen molar-refractivity contribution in [3.63, 3.8) is 0 Å². The van der Waals surface area contributed by atoms with E-state index in [9.17, 15) is 4.79 Å². The monoisotopic (exact) mass is 217 g/mol. The highest BCUT2D eigenvalue weighted by atomic mass is 16.3. The van der Waals surface area contributed by atoms with Gasteiger partial charge in [0.15, 0.2) is 0 Å². The predicted molar refractivity (Wildman–Crippen MR) is 62.0 cm³/mol. The molecule has 1 amide bonds. The molecule has 4 nitrogen and oxygen atoms in total. The second-order valence-electron chi connectivity index (χ2n) is 3.64. The Balaban J connectivity index is 2.32. The second kappa shape index (κ2) is 3.81. The van der Waals surface area contributed by atoms with Crippen LogP contribution in [0.2, 0.25) is 0 Å². The summed E-state index contributed by atoms with van der Waals surface area (Å²) in [6, 6.07) is 6.62. The molecule has 1 aromatic rings. The van der Waals surface area contributed by atoms with E-state index in [-0.39, 0.29) is 11.7 Å². The third-order valence-corrected chi connectivity index (χ3v) is 2.49. The summed E-state index contributed by atoms with van der Waals surface area (Å²) in [4.78, 5) is 17.3. The lowest BCUT2D eigenvalue weighted by molar-refractivity contribution is -0.121. The Labute approximate surface area is 93.5 Å². The number of aromatic hydroxyl groups is 1. The minimum absolute atomic E-state index is 0.106. The fourth-order valence-electron chi connectivity index (χ4n) is 1.44. The van der Waals surface area contributed by atoms with Crippen molar-refractivity contribution in [2.75, 3.05) is 7.05 Å². The Morgan fingerprint density at radius 2 is 1.94 bits per heavy atom. The zero-order valence-electron chi connectivity index (χ0n) is 9.14. The number of phenols is 1. The van der Waals surface area contributed by atoms with Gasteiger partial charge in [-0.25, -0.2) is 4.99 Å². The van der Waals surface area contributed by atoms with Crippen molar-refractivity contribution in [1.82, 2.24) is 4.90 Å². The maximum absolute atomic E-state index is 11.7. The van der Waals surface area contributed by atoms with Crippen LogP contribution in [0.4, 0.5) is 0 Å². The summed E-state index contributed by atoms with van der Waals surface area (Å²) >= 11 is 0. The molecule has 1 heterocycles. The number of phenolic OH excluding ortho intramolecular Hbond substituents is 1. The molecular formula is C12H12N2O2. The van der Waals surface area contributed by atoms with E-state index in [1.54, 1.807) is 44.3 Å². The van der Waals surface area contributed by atoms with E-state index in [0.717, 1.165) is 5.56 Å². The lowest BCUT2D eigenvalue weighted by atomic mass is 10.2. The summed E-state index contributed by atoms with van der Waals surface area (Å²) in [6.07, 6.45) is 1.70. The van der Waals surface area contributed by atoms with Crippen LogP contribution < -0.4 is 0 Å². The molecule has 0 aliphatic carbocycles. The number of amidine groups is 1. The zero-order valence-corrected chi connectivity index (χ0v) is 9.14. The van der Waals surface area contributed by atoms with Crippen LogP contribution in [-0.4, -0.2) is 28.8 Å². The van der Waals surface area contributed by atoms with Gasteiger partial charge in [0.1, 0.15) is 17.3 Å². The van der Waals surface area contributed by atoms with Gasteiger partial charge in [-0.3, -0.25) is 9.69 Å². The minimum atomic E-state index is -0.106. The molecule has 0 aromatic heterocycles. The second-order valence-corrected chi connectivity index (χ2v) is 3.64. The number of carbonyl (C=O) groups excluding carboxylic acids is 1. The lowest BCUT2D eigenvalue weighted by Gasteiger charge is -2.05. The van der Waals surface area contributed by atoms with E-state index < -0.39 is 0 Å². The average Bonchev–Trinajstić information content (AvgIpc) is 2.50. The van der Waals surface area contributed by atoms with E-state index in [1.165, 1.54) is 4.90 Å². The largest absolute Gasteiger partial charge is 0.508 e. The topological polar surface area (TPSA) is 52.9 Å². The van der Waals surface area contributed by atoms with Crippen LogP contribution in [-0.2, 0) is 4.79 Å². The summed E-state index contributed by atoms with van der Waals surface area (Å²) in [5, 5.41) is 9.13. The molecule has 4 heteroatoms. The highest BCUT2D eigenvalue weighted by molar-refractivity contribution is 6.13. The number of hydrogen-bond acceptors (Lipinski definition) is 3. The Morgan fingerprint density at radius 3 is 2.44 bits per heavy atom. The van der Waals surface area contributed by atoms with E-state index in [4.69, 9.17) is 5.11 Å². The highest BCUT2D eigenvalue weighted by Crippen LogP contribution is 2.18. The maximum atomic E-state index is 11.7.